The zero-order valence-electron chi connectivity index (χ0n) is 16.5. The Morgan fingerprint density at radius 3 is 1.52 bits per heavy atom. The van der Waals surface area contributed by atoms with Crippen molar-refractivity contribution in [2.75, 3.05) is 0 Å². The Hall–Kier alpha value is -2.94. The third kappa shape index (κ3) is 3.25. The molecule has 0 spiro atoms. The van der Waals surface area contributed by atoms with E-state index >= 15 is 0 Å². The van der Waals surface area contributed by atoms with Gasteiger partial charge in [0.1, 0.15) is 17.2 Å². The van der Waals surface area contributed by atoms with Crippen molar-refractivity contribution < 1.29 is 15.3 Å². The van der Waals surface area contributed by atoms with E-state index in [9.17, 15) is 15.3 Å². The Bertz CT molecular complexity index is 961. The average molecular weight is 362 g/mol. The molecule has 27 heavy (non-hydrogen) atoms. The van der Waals surface area contributed by atoms with Gasteiger partial charge in [-0.15, -0.1) is 0 Å². The van der Waals surface area contributed by atoms with E-state index in [1.54, 1.807) is 6.07 Å². The van der Waals surface area contributed by atoms with Gasteiger partial charge in [0.15, 0.2) is 0 Å². The molecule has 0 fully saturated rings. The molecule has 3 aromatic carbocycles. The Balaban J connectivity index is 2.45. The summed E-state index contributed by atoms with van der Waals surface area (Å²) >= 11 is 0. The first-order valence-electron chi connectivity index (χ1n) is 9.10. The van der Waals surface area contributed by atoms with Gasteiger partial charge in [-0.05, 0) is 62.9 Å². The summed E-state index contributed by atoms with van der Waals surface area (Å²) < 4.78 is 0. The molecule has 0 aliphatic carbocycles. The quantitative estimate of drug-likeness (QED) is 0.537. The van der Waals surface area contributed by atoms with Crippen LogP contribution < -0.4 is 0 Å². The molecule has 0 unspecified atom stereocenters. The summed E-state index contributed by atoms with van der Waals surface area (Å²) in [5, 5.41) is 32.5. The van der Waals surface area contributed by atoms with E-state index in [1.807, 2.05) is 71.0 Å². The van der Waals surface area contributed by atoms with Crippen LogP contribution in [0.15, 0.2) is 42.5 Å². The van der Waals surface area contributed by atoms with Crippen molar-refractivity contribution in [1.82, 2.24) is 0 Å². The van der Waals surface area contributed by atoms with Gasteiger partial charge in [-0.2, -0.15) is 0 Å². The number of aromatic hydroxyl groups is 3. The van der Waals surface area contributed by atoms with Gasteiger partial charge in [0.2, 0.25) is 0 Å². The molecule has 3 nitrogen and oxygen atoms in total. The van der Waals surface area contributed by atoms with E-state index in [4.69, 9.17) is 0 Å². The lowest BCUT2D eigenvalue weighted by Gasteiger charge is -2.26. The van der Waals surface area contributed by atoms with Crippen molar-refractivity contribution >= 4 is 0 Å². The van der Waals surface area contributed by atoms with E-state index in [0.717, 1.165) is 27.8 Å². The normalized spacial score (nSPS) is 11.2. The Labute approximate surface area is 160 Å². The van der Waals surface area contributed by atoms with Crippen LogP contribution in [-0.4, -0.2) is 15.3 Å². The minimum absolute atomic E-state index is 0.145. The number of benzene rings is 3. The largest absolute Gasteiger partial charge is 0.508 e. The topological polar surface area (TPSA) is 60.7 Å². The van der Waals surface area contributed by atoms with E-state index in [-0.39, 0.29) is 17.2 Å². The van der Waals surface area contributed by atoms with Crippen molar-refractivity contribution in [1.29, 1.82) is 0 Å². The van der Waals surface area contributed by atoms with Gasteiger partial charge in [-0.1, -0.05) is 42.0 Å². The molecule has 0 aliphatic rings. The van der Waals surface area contributed by atoms with E-state index < -0.39 is 5.92 Å². The van der Waals surface area contributed by atoms with Gasteiger partial charge in [-0.25, -0.2) is 0 Å². The van der Waals surface area contributed by atoms with E-state index in [2.05, 4.69) is 0 Å². The van der Waals surface area contributed by atoms with Gasteiger partial charge < -0.3 is 15.3 Å². The van der Waals surface area contributed by atoms with Crippen LogP contribution in [0.4, 0.5) is 0 Å². The number of phenolic OH excluding ortho intramolecular Hbond substituents is 3. The molecular weight excluding hydrogens is 336 g/mol. The zero-order valence-corrected chi connectivity index (χ0v) is 16.5. The lowest BCUT2D eigenvalue weighted by atomic mass is 9.78. The van der Waals surface area contributed by atoms with Gasteiger partial charge >= 0.3 is 0 Å². The molecule has 0 radical (unpaired) electrons. The van der Waals surface area contributed by atoms with E-state index in [0.29, 0.717) is 16.7 Å². The number of hydrogen-bond acceptors (Lipinski definition) is 3. The monoisotopic (exact) mass is 362 g/mol. The first-order chi connectivity index (χ1) is 12.7. The highest BCUT2D eigenvalue weighted by atomic mass is 16.3. The second-order valence-corrected chi connectivity index (χ2v) is 7.42. The molecule has 0 atom stereocenters. The molecule has 0 amide bonds. The second kappa shape index (κ2) is 6.99. The minimum atomic E-state index is -0.482. The fourth-order valence-electron chi connectivity index (χ4n) is 3.73. The van der Waals surface area contributed by atoms with Crippen molar-refractivity contribution in [2.45, 2.75) is 40.5 Å². The molecule has 0 aliphatic heterocycles. The molecule has 3 N–H and O–H groups in total. The maximum atomic E-state index is 10.9. The highest BCUT2D eigenvalue weighted by Gasteiger charge is 2.29. The van der Waals surface area contributed by atoms with Crippen molar-refractivity contribution in [3.63, 3.8) is 0 Å². The first-order valence-corrected chi connectivity index (χ1v) is 9.10. The molecule has 0 bridgehead atoms. The molecular formula is C24H26O3. The first kappa shape index (κ1) is 18.8. The second-order valence-electron chi connectivity index (χ2n) is 7.42. The van der Waals surface area contributed by atoms with Crippen LogP contribution >= 0.6 is 0 Å². The molecule has 0 aromatic heterocycles. The summed E-state index contributed by atoms with van der Waals surface area (Å²) in [6.07, 6.45) is 0. The molecule has 3 heteroatoms. The van der Waals surface area contributed by atoms with Crippen molar-refractivity contribution in [3.8, 4) is 17.2 Å². The Morgan fingerprint density at radius 1 is 0.593 bits per heavy atom. The minimum Gasteiger partial charge on any atom is -0.508 e. The predicted octanol–water partition coefficient (Wildman–Crippen LogP) is 5.53. The standard InChI is InChI=1S/C24H26O3/c1-13-6-11-19(25)18(12-13)22(20-14(2)7-9-16(4)23(20)26)21-15(3)8-10-17(5)24(21)27/h6-12,22,25-27H,1-5H3. The molecule has 3 aromatic rings. The maximum Gasteiger partial charge on any atom is 0.122 e. The zero-order chi connectivity index (χ0) is 19.9. The fourth-order valence-corrected chi connectivity index (χ4v) is 3.73. The SMILES string of the molecule is Cc1ccc(O)c(C(c2c(C)ccc(C)c2O)c2c(C)ccc(C)c2O)c1. The number of rotatable bonds is 3. The van der Waals surface area contributed by atoms with Crippen molar-refractivity contribution in [2.24, 2.45) is 0 Å². The van der Waals surface area contributed by atoms with E-state index in [1.165, 1.54) is 0 Å². The van der Waals surface area contributed by atoms with Crippen LogP contribution in [0.25, 0.3) is 0 Å². The van der Waals surface area contributed by atoms with Crippen LogP contribution in [0.5, 0.6) is 17.2 Å². The average Bonchev–Trinajstić information content (AvgIpc) is 2.62. The lowest BCUT2D eigenvalue weighted by molar-refractivity contribution is 0.446. The van der Waals surface area contributed by atoms with Gasteiger partial charge in [-0.3, -0.25) is 0 Å². The smallest absolute Gasteiger partial charge is 0.122 e. The molecule has 0 saturated heterocycles. The summed E-state index contributed by atoms with van der Waals surface area (Å²) in [5.41, 5.74) is 6.42. The predicted molar refractivity (Wildman–Crippen MR) is 109 cm³/mol. The third-order valence-electron chi connectivity index (χ3n) is 5.35. The number of hydrogen-bond donors (Lipinski definition) is 3. The molecule has 0 heterocycles. The van der Waals surface area contributed by atoms with Gasteiger partial charge in [0.25, 0.3) is 0 Å². The van der Waals surface area contributed by atoms with Crippen LogP contribution in [0.2, 0.25) is 0 Å². The lowest BCUT2D eigenvalue weighted by Crippen LogP contribution is -2.10. The highest BCUT2D eigenvalue weighted by molar-refractivity contribution is 5.62. The van der Waals surface area contributed by atoms with Crippen LogP contribution in [0.3, 0.4) is 0 Å². The van der Waals surface area contributed by atoms with Crippen LogP contribution in [-0.2, 0) is 0 Å². The maximum absolute atomic E-state index is 10.9. The van der Waals surface area contributed by atoms with Crippen LogP contribution in [0, 0.1) is 34.6 Å². The fraction of sp³-hybridized carbons (Fsp3) is 0.250. The van der Waals surface area contributed by atoms with Gasteiger partial charge in [0, 0.05) is 22.6 Å². The van der Waals surface area contributed by atoms with Gasteiger partial charge in [0.05, 0.1) is 0 Å². The molecule has 140 valence electrons. The summed E-state index contributed by atoms with van der Waals surface area (Å²) in [4.78, 5) is 0. The number of phenols is 3. The van der Waals surface area contributed by atoms with Crippen molar-refractivity contribution in [3.05, 3.63) is 87.0 Å². The Morgan fingerprint density at radius 2 is 1.04 bits per heavy atom. The Kier molecular flexibility index (Phi) is 4.88. The number of aryl methyl sites for hydroxylation is 5. The highest BCUT2D eigenvalue weighted by Crippen LogP contribution is 2.47. The molecule has 0 saturated carbocycles. The molecule has 3 rings (SSSR count). The van der Waals surface area contributed by atoms with Crippen LogP contribution in [0.1, 0.15) is 50.4 Å². The summed E-state index contributed by atoms with van der Waals surface area (Å²) in [7, 11) is 0. The summed E-state index contributed by atoms with van der Waals surface area (Å²) in [6, 6.07) is 13.1. The third-order valence-corrected chi connectivity index (χ3v) is 5.35. The summed E-state index contributed by atoms with van der Waals surface area (Å²) in [5.74, 6) is 0.0540. The summed E-state index contributed by atoms with van der Waals surface area (Å²) in [6.45, 7) is 9.56.